The molecule has 2 aliphatic heterocycles. The summed E-state index contributed by atoms with van der Waals surface area (Å²) in [5, 5.41) is 1.80. The second kappa shape index (κ2) is 9.60. The third-order valence-electron chi connectivity index (χ3n) is 7.00. The van der Waals surface area contributed by atoms with Crippen molar-refractivity contribution < 1.29 is 22.8 Å². The summed E-state index contributed by atoms with van der Waals surface area (Å²) < 4.78 is 27.8. The summed E-state index contributed by atoms with van der Waals surface area (Å²) in [7, 11) is -3.72. The minimum atomic E-state index is -3.72. The molecule has 0 N–H and O–H groups in total. The molecule has 5 rings (SSSR count). The van der Waals surface area contributed by atoms with Crippen LogP contribution in [0.25, 0.3) is 10.8 Å². The van der Waals surface area contributed by atoms with Crippen LogP contribution in [0.15, 0.2) is 71.6 Å². The fraction of sp³-hybridized carbons (Fsp3) is 0.296. The van der Waals surface area contributed by atoms with Gasteiger partial charge in [-0.15, -0.1) is 0 Å². The molecular weight excluding hydrogens is 492 g/mol. The highest BCUT2D eigenvalue weighted by Crippen LogP contribution is 2.27. The van der Waals surface area contributed by atoms with Crippen LogP contribution in [0.5, 0.6) is 0 Å². The Hall–Kier alpha value is -3.76. The van der Waals surface area contributed by atoms with Gasteiger partial charge in [0.1, 0.15) is 12.6 Å². The molecule has 192 valence electrons. The molecule has 0 aliphatic carbocycles. The number of benzene rings is 3. The average molecular weight is 521 g/mol. The zero-order valence-electron chi connectivity index (χ0n) is 20.7. The smallest absolute Gasteiger partial charge is 0.332 e. The molecule has 0 radical (unpaired) electrons. The van der Waals surface area contributed by atoms with Crippen LogP contribution in [0, 0.1) is 6.92 Å². The third kappa shape index (κ3) is 4.58. The van der Waals surface area contributed by atoms with E-state index in [2.05, 4.69) is 0 Å². The Bertz CT molecular complexity index is 1480. The van der Waals surface area contributed by atoms with Gasteiger partial charge in [-0.1, -0.05) is 48.0 Å². The monoisotopic (exact) mass is 520 g/mol. The number of nitrogens with zero attached hydrogens (tertiary/aromatic N) is 4. The van der Waals surface area contributed by atoms with E-state index in [-0.39, 0.29) is 43.5 Å². The third-order valence-corrected chi connectivity index (χ3v) is 8.90. The molecule has 3 aromatic carbocycles. The lowest BCUT2D eigenvalue weighted by Gasteiger charge is -2.34. The SMILES string of the molecule is Cc1ccc(N2C(=O)N(CC(=O)N3CCN(S(=O)(=O)c4ccc5ccccc5c4)CC3)C(=O)C2C)cc1. The number of fused-ring (bicyclic) bond motifs is 1. The number of carbonyl (C=O) groups is 3. The number of sulfonamides is 1. The van der Waals surface area contributed by atoms with Crippen molar-refractivity contribution in [2.45, 2.75) is 24.8 Å². The first-order chi connectivity index (χ1) is 17.7. The molecule has 2 saturated heterocycles. The molecule has 0 aromatic heterocycles. The van der Waals surface area contributed by atoms with Crippen LogP contribution in [0.2, 0.25) is 0 Å². The largest absolute Gasteiger partial charge is 0.338 e. The van der Waals surface area contributed by atoms with Gasteiger partial charge in [0.2, 0.25) is 15.9 Å². The van der Waals surface area contributed by atoms with Gasteiger partial charge in [-0.3, -0.25) is 19.4 Å². The van der Waals surface area contributed by atoms with E-state index >= 15 is 0 Å². The fourth-order valence-corrected chi connectivity index (χ4v) is 6.26. The number of amides is 4. The van der Waals surface area contributed by atoms with E-state index in [4.69, 9.17) is 0 Å². The van der Waals surface area contributed by atoms with Crippen molar-refractivity contribution in [3.63, 3.8) is 0 Å². The number of anilines is 1. The quantitative estimate of drug-likeness (QED) is 0.482. The predicted molar refractivity (Wildman–Crippen MR) is 140 cm³/mol. The summed E-state index contributed by atoms with van der Waals surface area (Å²) in [6.45, 7) is 3.83. The van der Waals surface area contributed by atoms with Crippen molar-refractivity contribution in [2.24, 2.45) is 0 Å². The number of hydrogen-bond acceptors (Lipinski definition) is 5. The standard InChI is InChI=1S/C27H28N4O5S/c1-19-7-10-23(11-8-19)31-20(2)26(33)30(27(31)34)18-25(32)28-13-15-29(16-14-28)37(35,36)24-12-9-21-5-3-4-6-22(21)17-24/h3-12,17,20H,13-16,18H2,1-2H3. The van der Waals surface area contributed by atoms with Gasteiger partial charge < -0.3 is 4.90 Å². The summed E-state index contributed by atoms with van der Waals surface area (Å²) in [6.07, 6.45) is 0. The van der Waals surface area contributed by atoms with Crippen LogP contribution in [-0.2, 0) is 19.6 Å². The Morgan fingerprint density at radius 1 is 0.892 bits per heavy atom. The van der Waals surface area contributed by atoms with Crippen LogP contribution < -0.4 is 4.90 Å². The van der Waals surface area contributed by atoms with Crippen molar-refractivity contribution in [1.82, 2.24) is 14.1 Å². The highest BCUT2D eigenvalue weighted by atomic mass is 32.2. The summed E-state index contributed by atoms with van der Waals surface area (Å²) in [4.78, 5) is 43.0. The van der Waals surface area contributed by atoms with E-state index in [0.29, 0.717) is 5.69 Å². The van der Waals surface area contributed by atoms with E-state index < -0.39 is 28.0 Å². The highest BCUT2D eigenvalue weighted by molar-refractivity contribution is 7.89. The van der Waals surface area contributed by atoms with E-state index in [1.807, 2.05) is 43.3 Å². The van der Waals surface area contributed by atoms with Gasteiger partial charge in [-0.25, -0.2) is 13.2 Å². The van der Waals surface area contributed by atoms with Crippen LogP contribution in [0.4, 0.5) is 10.5 Å². The molecule has 3 aromatic rings. The molecule has 1 unspecified atom stereocenters. The normalized spacial score (nSPS) is 19.2. The summed E-state index contributed by atoms with van der Waals surface area (Å²) in [5.74, 6) is -0.821. The van der Waals surface area contributed by atoms with Gasteiger partial charge in [-0.05, 0) is 48.9 Å². The first kappa shape index (κ1) is 24.9. The second-order valence-corrected chi connectivity index (χ2v) is 11.3. The number of piperazine rings is 1. The van der Waals surface area contributed by atoms with E-state index in [9.17, 15) is 22.8 Å². The fourth-order valence-electron chi connectivity index (χ4n) is 4.80. The molecule has 10 heteroatoms. The maximum Gasteiger partial charge on any atom is 0.332 e. The van der Waals surface area contributed by atoms with Crippen LogP contribution in [0.3, 0.4) is 0 Å². The van der Waals surface area contributed by atoms with Crippen LogP contribution in [-0.4, -0.2) is 79.1 Å². The molecular formula is C27H28N4O5S. The number of hydrogen-bond donors (Lipinski definition) is 0. The van der Waals surface area contributed by atoms with Gasteiger partial charge >= 0.3 is 6.03 Å². The Labute approximate surface area is 215 Å². The van der Waals surface area contributed by atoms with Crippen molar-refractivity contribution in [3.05, 3.63) is 72.3 Å². The number of aryl methyl sites for hydroxylation is 1. The molecule has 2 fully saturated rings. The van der Waals surface area contributed by atoms with E-state index in [1.54, 1.807) is 37.3 Å². The maximum atomic E-state index is 13.2. The number of urea groups is 1. The van der Waals surface area contributed by atoms with Crippen LogP contribution in [0.1, 0.15) is 12.5 Å². The molecule has 2 heterocycles. The second-order valence-electron chi connectivity index (χ2n) is 9.38. The molecule has 0 bridgehead atoms. The van der Waals surface area contributed by atoms with E-state index in [1.165, 1.54) is 14.1 Å². The Morgan fingerprint density at radius 2 is 1.54 bits per heavy atom. The summed E-state index contributed by atoms with van der Waals surface area (Å²) in [5.41, 5.74) is 1.63. The first-order valence-electron chi connectivity index (χ1n) is 12.1. The van der Waals surface area contributed by atoms with Gasteiger partial charge in [-0.2, -0.15) is 4.31 Å². The van der Waals surface area contributed by atoms with Crippen molar-refractivity contribution in [1.29, 1.82) is 0 Å². The van der Waals surface area contributed by atoms with Gasteiger partial charge in [0, 0.05) is 31.9 Å². The zero-order chi connectivity index (χ0) is 26.3. The number of rotatable bonds is 5. The molecule has 0 saturated carbocycles. The topological polar surface area (TPSA) is 98.3 Å². The molecule has 0 spiro atoms. The number of carbonyl (C=O) groups excluding carboxylic acids is 3. The van der Waals surface area contributed by atoms with Crippen LogP contribution >= 0.6 is 0 Å². The van der Waals surface area contributed by atoms with Gasteiger partial charge in [0.15, 0.2) is 0 Å². The lowest BCUT2D eigenvalue weighted by Crippen LogP contribution is -2.53. The lowest BCUT2D eigenvalue weighted by atomic mass is 10.1. The maximum absolute atomic E-state index is 13.2. The minimum Gasteiger partial charge on any atom is -0.338 e. The zero-order valence-corrected chi connectivity index (χ0v) is 21.5. The average Bonchev–Trinajstić information content (AvgIpc) is 3.12. The predicted octanol–water partition coefficient (Wildman–Crippen LogP) is 2.84. The van der Waals surface area contributed by atoms with Crippen molar-refractivity contribution >= 4 is 44.3 Å². The molecule has 9 nitrogen and oxygen atoms in total. The van der Waals surface area contributed by atoms with Crippen molar-refractivity contribution in [3.8, 4) is 0 Å². The molecule has 37 heavy (non-hydrogen) atoms. The lowest BCUT2D eigenvalue weighted by molar-refractivity contribution is -0.137. The molecule has 1 atom stereocenters. The molecule has 2 aliphatic rings. The first-order valence-corrected chi connectivity index (χ1v) is 13.6. The van der Waals surface area contributed by atoms with Gasteiger partial charge in [0.05, 0.1) is 4.90 Å². The Morgan fingerprint density at radius 3 is 2.22 bits per heavy atom. The highest BCUT2D eigenvalue weighted by Gasteiger charge is 2.44. The molecule has 4 amide bonds. The summed E-state index contributed by atoms with van der Waals surface area (Å²) in [6, 6.07) is 18.6. The van der Waals surface area contributed by atoms with Crippen molar-refractivity contribution in [2.75, 3.05) is 37.6 Å². The Kier molecular flexibility index (Phi) is 6.47. The summed E-state index contributed by atoms with van der Waals surface area (Å²) >= 11 is 0. The van der Waals surface area contributed by atoms with E-state index in [0.717, 1.165) is 21.2 Å². The number of imide groups is 1. The Balaban J connectivity index is 1.23. The minimum absolute atomic E-state index is 0.134. The van der Waals surface area contributed by atoms with Gasteiger partial charge in [0.25, 0.3) is 5.91 Å².